The summed E-state index contributed by atoms with van der Waals surface area (Å²) in [6, 6.07) is 14.7. The number of benzene rings is 2. The van der Waals surface area contributed by atoms with E-state index in [9.17, 15) is 8.42 Å². The second-order valence-electron chi connectivity index (χ2n) is 7.85. The van der Waals surface area contributed by atoms with E-state index in [0.717, 1.165) is 16.8 Å². The molecule has 9 nitrogen and oxygen atoms in total. The average Bonchev–Trinajstić information content (AvgIpc) is 3.45. The van der Waals surface area contributed by atoms with E-state index in [0.29, 0.717) is 41.8 Å². The fourth-order valence-corrected chi connectivity index (χ4v) is 4.64. The topological polar surface area (TPSA) is 128 Å². The lowest BCUT2D eigenvalue weighted by molar-refractivity contribution is 0.399. The van der Waals surface area contributed by atoms with E-state index in [4.69, 9.17) is 14.1 Å². The first-order valence-electron chi connectivity index (χ1n) is 10.1. The highest BCUT2D eigenvalue weighted by molar-refractivity contribution is 7.89. The fraction of sp³-hybridized carbons (Fsp3) is 0.227. The van der Waals surface area contributed by atoms with Crippen molar-refractivity contribution in [1.82, 2.24) is 15.4 Å². The van der Waals surface area contributed by atoms with Crippen molar-refractivity contribution in [2.75, 3.05) is 4.90 Å². The van der Waals surface area contributed by atoms with E-state index in [1.165, 1.54) is 6.07 Å². The van der Waals surface area contributed by atoms with Crippen LogP contribution in [-0.4, -0.2) is 29.8 Å². The first kappa shape index (κ1) is 20.4. The van der Waals surface area contributed by atoms with Crippen molar-refractivity contribution >= 4 is 15.7 Å². The summed E-state index contributed by atoms with van der Waals surface area (Å²) in [4.78, 5) is 2.22. The van der Waals surface area contributed by atoms with Gasteiger partial charge in [-0.3, -0.25) is 0 Å². The normalized spacial score (nSPS) is 15.8. The quantitative estimate of drug-likeness (QED) is 0.489. The molecule has 0 radical (unpaired) electrons. The molecule has 0 saturated heterocycles. The van der Waals surface area contributed by atoms with E-state index in [2.05, 4.69) is 27.2 Å². The molecule has 2 N–H and O–H groups in total. The van der Waals surface area contributed by atoms with Gasteiger partial charge in [-0.15, -0.1) is 10.2 Å². The highest BCUT2D eigenvalue weighted by atomic mass is 32.2. The summed E-state index contributed by atoms with van der Waals surface area (Å²) >= 11 is 0. The van der Waals surface area contributed by atoms with Gasteiger partial charge < -0.3 is 13.8 Å². The third kappa shape index (κ3) is 3.57. The molecule has 0 aliphatic carbocycles. The van der Waals surface area contributed by atoms with Crippen LogP contribution in [0.15, 0.2) is 62.4 Å². The minimum Gasteiger partial charge on any atom is -0.419 e. The number of nitrogens with two attached hydrogens (primary N) is 1. The van der Waals surface area contributed by atoms with Crippen LogP contribution in [0.1, 0.15) is 24.1 Å². The number of primary sulfonamides is 1. The molecule has 3 heterocycles. The van der Waals surface area contributed by atoms with E-state index in [-0.39, 0.29) is 10.9 Å². The van der Waals surface area contributed by atoms with E-state index >= 15 is 0 Å². The average molecular weight is 452 g/mol. The molecule has 0 saturated carbocycles. The maximum atomic E-state index is 11.7. The van der Waals surface area contributed by atoms with Crippen molar-refractivity contribution in [2.24, 2.45) is 5.14 Å². The van der Waals surface area contributed by atoms with Gasteiger partial charge in [0.15, 0.2) is 0 Å². The van der Waals surface area contributed by atoms with Crippen molar-refractivity contribution in [3.8, 4) is 22.7 Å². The van der Waals surface area contributed by atoms with Crippen LogP contribution in [0.2, 0.25) is 0 Å². The molecule has 1 atom stereocenters. The number of fused-ring (bicyclic) bond motifs is 1. The van der Waals surface area contributed by atoms with E-state index < -0.39 is 10.0 Å². The zero-order valence-corrected chi connectivity index (χ0v) is 18.3. The third-order valence-corrected chi connectivity index (χ3v) is 6.54. The summed E-state index contributed by atoms with van der Waals surface area (Å²) in [5.74, 6) is 1.37. The predicted octanol–water partition coefficient (Wildman–Crippen LogP) is 3.30. The molecule has 0 spiro atoms. The van der Waals surface area contributed by atoms with Gasteiger partial charge in [-0.2, -0.15) is 0 Å². The molecule has 2 aromatic carbocycles. The number of hydrogen-bond acceptors (Lipinski definition) is 8. The highest BCUT2D eigenvalue weighted by Crippen LogP contribution is 2.36. The number of aryl methyl sites for hydroxylation is 1. The largest absolute Gasteiger partial charge is 0.419 e. The number of anilines is 1. The van der Waals surface area contributed by atoms with Crippen LogP contribution in [0.4, 0.5) is 5.69 Å². The Kier molecular flexibility index (Phi) is 4.83. The Morgan fingerprint density at radius 2 is 1.94 bits per heavy atom. The molecule has 164 valence electrons. The number of hydrogen-bond donors (Lipinski definition) is 1. The summed E-state index contributed by atoms with van der Waals surface area (Å²) in [6.45, 7) is 4.26. The van der Waals surface area contributed by atoms with Gasteiger partial charge in [0, 0.05) is 17.3 Å². The minimum atomic E-state index is -3.75. The van der Waals surface area contributed by atoms with Crippen molar-refractivity contribution in [2.45, 2.75) is 37.8 Å². The Labute approximate surface area is 184 Å². The Morgan fingerprint density at radius 3 is 2.69 bits per heavy atom. The van der Waals surface area contributed by atoms with Gasteiger partial charge in [0.05, 0.1) is 11.4 Å². The molecule has 4 aromatic rings. The molecular weight excluding hydrogens is 430 g/mol. The smallest absolute Gasteiger partial charge is 0.253 e. The van der Waals surface area contributed by atoms with Crippen LogP contribution < -0.4 is 10.0 Å². The van der Waals surface area contributed by atoms with Crippen LogP contribution in [0, 0.1) is 6.92 Å². The Bertz CT molecular complexity index is 1390. The lowest BCUT2D eigenvalue weighted by Crippen LogP contribution is -2.28. The Morgan fingerprint density at radius 1 is 1.16 bits per heavy atom. The summed E-state index contributed by atoms with van der Waals surface area (Å²) in [5, 5.41) is 17.9. The van der Waals surface area contributed by atoms with Gasteiger partial charge in [0.25, 0.3) is 5.89 Å². The fourth-order valence-electron chi connectivity index (χ4n) is 4.07. The zero-order chi connectivity index (χ0) is 22.5. The lowest BCUT2D eigenvalue weighted by atomic mass is 10.1. The highest BCUT2D eigenvalue weighted by Gasteiger charge is 2.29. The molecule has 0 bridgehead atoms. The first-order valence-corrected chi connectivity index (χ1v) is 11.6. The molecule has 1 aliphatic heterocycles. The van der Waals surface area contributed by atoms with Crippen LogP contribution >= 0.6 is 0 Å². The van der Waals surface area contributed by atoms with Crippen LogP contribution in [0.3, 0.4) is 0 Å². The van der Waals surface area contributed by atoms with Gasteiger partial charge in [-0.25, -0.2) is 13.6 Å². The molecule has 0 unspecified atom stereocenters. The van der Waals surface area contributed by atoms with Gasteiger partial charge in [-0.05, 0) is 44.0 Å². The van der Waals surface area contributed by atoms with E-state index in [1.807, 2.05) is 30.3 Å². The standard InChI is InChI=1S/C22H21N5O4S/c1-13-10-16-11-17(32(23,28)29)8-9-18(16)27(13)12-19-24-25-22(30-19)20-14(2)31-26-21(20)15-6-4-3-5-7-15/h3-9,11,13H,10,12H2,1-2H3,(H2,23,28,29)/t13-/m0/s1. The van der Waals surface area contributed by atoms with Crippen molar-refractivity contribution in [3.05, 3.63) is 65.7 Å². The lowest BCUT2D eigenvalue weighted by Gasteiger charge is -2.22. The summed E-state index contributed by atoms with van der Waals surface area (Å²) < 4.78 is 34.8. The Balaban J connectivity index is 1.44. The molecule has 10 heteroatoms. The van der Waals surface area contributed by atoms with Crippen LogP contribution in [-0.2, 0) is 23.0 Å². The number of rotatable bonds is 5. The predicted molar refractivity (Wildman–Crippen MR) is 117 cm³/mol. The molecule has 5 rings (SSSR count). The third-order valence-electron chi connectivity index (χ3n) is 5.63. The number of sulfonamides is 1. The SMILES string of the molecule is Cc1onc(-c2ccccc2)c1-c1nnc(CN2c3ccc(S(N)(=O)=O)cc3C[C@@H]2C)o1. The van der Waals surface area contributed by atoms with Gasteiger partial charge in [-0.1, -0.05) is 35.5 Å². The van der Waals surface area contributed by atoms with Crippen molar-refractivity contribution < 1.29 is 17.4 Å². The molecular formula is C22H21N5O4S. The minimum absolute atomic E-state index is 0.113. The second-order valence-corrected chi connectivity index (χ2v) is 9.41. The summed E-state index contributed by atoms with van der Waals surface area (Å²) in [6.07, 6.45) is 0.697. The number of nitrogens with zero attached hydrogens (tertiary/aromatic N) is 4. The monoisotopic (exact) mass is 451 g/mol. The maximum absolute atomic E-state index is 11.7. The molecule has 0 amide bonds. The van der Waals surface area contributed by atoms with E-state index in [1.54, 1.807) is 19.1 Å². The van der Waals surface area contributed by atoms with Crippen molar-refractivity contribution in [3.63, 3.8) is 0 Å². The van der Waals surface area contributed by atoms with Gasteiger partial charge >= 0.3 is 0 Å². The van der Waals surface area contributed by atoms with Gasteiger partial charge in [0.1, 0.15) is 17.0 Å². The summed E-state index contributed by atoms with van der Waals surface area (Å²) in [7, 11) is -3.75. The molecule has 2 aromatic heterocycles. The summed E-state index contributed by atoms with van der Waals surface area (Å²) in [5.41, 5.74) is 4.06. The maximum Gasteiger partial charge on any atom is 0.253 e. The Hall–Kier alpha value is -3.50. The molecule has 1 aliphatic rings. The van der Waals surface area contributed by atoms with Gasteiger partial charge in [0.2, 0.25) is 15.9 Å². The van der Waals surface area contributed by atoms with Crippen molar-refractivity contribution in [1.29, 1.82) is 0 Å². The molecule has 32 heavy (non-hydrogen) atoms. The van der Waals surface area contributed by atoms with Crippen LogP contribution in [0.25, 0.3) is 22.7 Å². The van der Waals surface area contributed by atoms with Crippen LogP contribution in [0.5, 0.6) is 0 Å². The molecule has 0 fully saturated rings. The number of aromatic nitrogens is 3. The first-order chi connectivity index (χ1) is 15.3. The second kappa shape index (κ2) is 7.57. The zero-order valence-electron chi connectivity index (χ0n) is 17.5.